The summed E-state index contributed by atoms with van der Waals surface area (Å²) in [5, 5.41) is 15.2. The highest BCUT2D eigenvalue weighted by atomic mass is 16.7. The molecule has 9 heteroatoms. The minimum atomic E-state index is -1.05. The minimum Gasteiger partial charge on any atom is -0.444 e. The summed E-state index contributed by atoms with van der Waals surface area (Å²) in [4.78, 5) is 17.6. The molecule has 0 spiro atoms. The number of hydrogen-bond donors (Lipinski definition) is 2. The zero-order valence-corrected chi connectivity index (χ0v) is 20.2. The first-order valence-corrected chi connectivity index (χ1v) is 11.3. The van der Waals surface area contributed by atoms with Crippen LogP contribution >= 0.6 is 0 Å². The lowest BCUT2D eigenvalue weighted by atomic mass is 9.85. The number of hydrogen-bond acceptors (Lipinski definition) is 8. The monoisotopic (exact) mass is 448 g/mol. The van der Waals surface area contributed by atoms with Crippen LogP contribution in [0.15, 0.2) is 0 Å². The highest BCUT2D eigenvalue weighted by molar-refractivity contribution is 5.68. The molecule has 1 rings (SSSR count). The van der Waals surface area contributed by atoms with Crippen LogP contribution in [-0.2, 0) is 23.8 Å². The SMILES string of the molecule is COCCOCO[C@H](CCC1CCCCC1)[C@@H](O)C(NC(=O)OC(C)(C)C)N(C)OC. The predicted octanol–water partition coefficient (Wildman–Crippen LogP) is 3.06. The van der Waals surface area contributed by atoms with Crippen LogP contribution < -0.4 is 5.32 Å². The highest BCUT2D eigenvalue weighted by Gasteiger charge is 2.34. The number of alkyl carbamates (subject to hydrolysis) is 1. The number of aliphatic hydroxyl groups is 1. The van der Waals surface area contributed by atoms with Crippen LogP contribution in [0.2, 0.25) is 0 Å². The molecule has 9 nitrogen and oxygen atoms in total. The van der Waals surface area contributed by atoms with Gasteiger partial charge in [0.25, 0.3) is 0 Å². The molecule has 0 heterocycles. The molecular formula is C22H44N2O7. The molecule has 1 amide bonds. The lowest BCUT2D eigenvalue weighted by molar-refractivity contribution is -0.204. The van der Waals surface area contributed by atoms with Gasteiger partial charge >= 0.3 is 6.09 Å². The van der Waals surface area contributed by atoms with Gasteiger partial charge in [-0.3, -0.25) is 0 Å². The average molecular weight is 449 g/mol. The van der Waals surface area contributed by atoms with Crippen LogP contribution in [-0.4, -0.2) is 81.5 Å². The van der Waals surface area contributed by atoms with Crippen molar-refractivity contribution in [1.82, 2.24) is 10.4 Å². The van der Waals surface area contributed by atoms with Crippen molar-refractivity contribution >= 4 is 6.09 Å². The van der Waals surface area contributed by atoms with Crippen molar-refractivity contribution in [2.75, 3.05) is 41.3 Å². The van der Waals surface area contributed by atoms with Crippen LogP contribution in [0, 0.1) is 5.92 Å². The van der Waals surface area contributed by atoms with E-state index in [2.05, 4.69) is 5.32 Å². The van der Waals surface area contributed by atoms with Gasteiger partial charge in [0.2, 0.25) is 0 Å². The maximum Gasteiger partial charge on any atom is 0.409 e. The molecule has 184 valence electrons. The number of ether oxygens (including phenoxy) is 4. The zero-order chi connectivity index (χ0) is 23.3. The number of hydroxylamine groups is 2. The van der Waals surface area contributed by atoms with Crippen LogP contribution in [0.5, 0.6) is 0 Å². The molecule has 0 radical (unpaired) electrons. The van der Waals surface area contributed by atoms with Crippen molar-refractivity contribution in [3.05, 3.63) is 0 Å². The molecule has 0 aliphatic heterocycles. The first-order chi connectivity index (χ1) is 14.7. The second-order valence-electron chi connectivity index (χ2n) is 9.12. The van der Waals surface area contributed by atoms with E-state index in [0.29, 0.717) is 25.6 Å². The molecule has 1 aliphatic carbocycles. The van der Waals surface area contributed by atoms with Crippen molar-refractivity contribution in [2.45, 2.75) is 89.7 Å². The van der Waals surface area contributed by atoms with E-state index in [0.717, 1.165) is 6.42 Å². The van der Waals surface area contributed by atoms with Gasteiger partial charge in [-0.2, -0.15) is 5.06 Å². The van der Waals surface area contributed by atoms with Crippen molar-refractivity contribution in [1.29, 1.82) is 0 Å². The van der Waals surface area contributed by atoms with E-state index in [9.17, 15) is 9.90 Å². The fourth-order valence-electron chi connectivity index (χ4n) is 3.70. The number of aliphatic hydroxyl groups excluding tert-OH is 1. The number of likely N-dealkylation sites (N-methyl/N-ethyl adjacent to an activating group) is 1. The number of nitrogens with zero attached hydrogens (tertiary/aromatic N) is 1. The molecule has 0 aromatic carbocycles. The van der Waals surface area contributed by atoms with Gasteiger partial charge in [-0.25, -0.2) is 4.79 Å². The van der Waals surface area contributed by atoms with Gasteiger partial charge in [-0.1, -0.05) is 32.1 Å². The summed E-state index contributed by atoms with van der Waals surface area (Å²) in [6, 6.07) is 0. The lowest BCUT2D eigenvalue weighted by Crippen LogP contribution is -2.57. The Hall–Kier alpha value is -0.970. The summed E-state index contributed by atoms with van der Waals surface area (Å²) >= 11 is 0. The molecule has 31 heavy (non-hydrogen) atoms. The number of carbonyl (C=O) groups excluding carboxylic acids is 1. The van der Waals surface area contributed by atoms with E-state index in [1.165, 1.54) is 44.3 Å². The average Bonchev–Trinajstić information content (AvgIpc) is 2.72. The third-order valence-corrected chi connectivity index (χ3v) is 5.43. The van der Waals surface area contributed by atoms with Crippen molar-refractivity contribution in [3.63, 3.8) is 0 Å². The van der Waals surface area contributed by atoms with Crippen LogP contribution in [0.4, 0.5) is 4.79 Å². The summed E-state index contributed by atoms with van der Waals surface area (Å²) < 4.78 is 21.7. The van der Waals surface area contributed by atoms with Crippen LogP contribution in [0.3, 0.4) is 0 Å². The summed E-state index contributed by atoms with van der Waals surface area (Å²) in [5.41, 5.74) is -0.655. The van der Waals surface area contributed by atoms with E-state index in [1.807, 2.05) is 0 Å². The second kappa shape index (κ2) is 15.0. The second-order valence-corrected chi connectivity index (χ2v) is 9.12. The molecule has 0 aromatic heterocycles. The molecule has 1 aliphatic rings. The van der Waals surface area contributed by atoms with Gasteiger partial charge in [0.1, 0.15) is 24.7 Å². The number of amides is 1. The van der Waals surface area contributed by atoms with Gasteiger partial charge < -0.3 is 34.2 Å². The zero-order valence-electron chi connectivity index (χ0n) is 20.2. The van der Waals surface area contributed by atoms with Crippen molar-refractivity contribution in [2.24, 2.45) is 5.92 Å². The van der Waals surface area contributed by atoms with E-state index in [1.54, 1.807) is 34.9 Å². The Morgan fingerprint density at radius 3 is 2.42 bits per heavy atom. The van der Waals surface area contributed by atoms with E-state index >= 15 is 0 Å². The van der Waals surface area contributed by atoms with Gasteiger partial charge in [0.15, 0.2) is 0 Å². The Morgan fingerprint density at radius 2 is 1.84 bits per heavy atom. The third kappa shape index (κ3) is 12.0. The Bertz CT molecular complexity index is 481. The molecule has 1 fully saturated rings. The molecule has 2 N–H and O–H groups in total. The maximum atomic E-state index is 12.3. The van der Waals surface area contributed by atoms with Crippen LogP contribution in [0.25, 0.3) is 0 Å². The Balaban J connectivity index is 2.79. The topological polar surface area (TPSA) is 98.7 Å². The van der Waals surface area contributed by atoms with Crippen molar-refractivity contribution < 1.29 is 33.7 Å². The maximum absolute atomic E-state index is 12.3. The van der Waals surface area contributed by atoms with E-state index in [4.69, 9.17) is 23.8 Å². The first kappa shape index (κ1) is 28.1. The number of nitrogens with one attached hydrogen (secondary N) is 1. The number of carbonyl (C=O) groups is 1. The molecule has 0 aromatic rings. The summed E-state index contributed by atoms with van der Waals surface area (Å²) in [6.45, 7) is 6.25. The molecular weight excluding hydrogens is 404 g/mol. The summed E-state index contributed by atoms with van der Waals surface area (Å²) in [7, 11) is 4.72. The minimum absolute atomic E-state index is 0.0333. The first-order valence-electron chi connectivity index (χ1n) is 11.3. The van der Waals surface area contributed by atoms with E-state index in [-0.39, 0.29) is 6.79 Å². The fourth-order valence-corrected chi connectivity index (χ4v) is 3.70. The quantitative estimate of drug-likeness (QED) is 0.238. The largest absolute Gasteiger partial charge is 0.444 e. The lowest BCUT2D eigenvalue weighted by Gasteiger charge is -2.35. The molecule has 3 atom stereocenters. The standard InChI is InChI=1S/C22H44N2O7/c1-22(2,3)31-21(26)23-20(24(4)28-6)19(25)18(30-16-29-15-14-27-5)13-12-17-10-8-7-9-11-17/h17-20,25H,7-16H2,1-6H3,(H,23,26)/t18-,19-,20?/m1/s1. The highest BCUT2D eigenvalue weighted by Crippen LogP contribution is 2.29. The van der Waals surface area contributed by atoms with Gasteiger partial charge in [-0.15, -0.1) is 0 Å². The Morgan fingerprint density at radius 1 is 1.16 bits per heavy atom. The normalized spacial score (nSPS) is 18.6. The predicted molar refractivity (Wildman–Crippen MR) is 117 cm³/mol. The smallest absolute Gasteiger partial charge is 0.409 e. The fraction of sp³-hybridized carbons (Fsp3) is 0.955. The van der Waals surface area contributed by atoms with Crippen LogP contribution in [0.1, 0.15) is 65.7 Å². The molecule has 0 saturated heterocycles. The van der Waals surface area contributed by atoms with Gasteiger partial charge in [-0.05, 0) is 39.5 Å². The van der Waals surface area contributed by atoms with Crippen molar-refractivity contribution in [3.8, 4) is 0 Å². The Kier molecular flexibility index (Phi) is 13.6. The Labute approximate surface area is 187 Å². The third-order valence-electron chi connectivity index (χ3n) is 5.43. The number of methoxy groups -OCH3 is 1. The molecule has 0 bridgehead atoms. The van der Waals surface area contributed by atoms with E-state index < -0.39 is 30.1 Å². The molecule has 1 saturated carbocycles. The van der Waals surface area contributed by atoms with Gasteiger partial charge in [0, 0.05) is 14.2 Å². The summed E-state index contributed by atoms with van der Waals surface area (Å²) in [6.07, 6.45) is 4.77. The summed E-state index contributed by atoms with van der Waals surface area (Å²) in [5.74, 6) is 0.638. The van der Waals surface area contributed by atoms with Gasteiger partial charge in [0.05, 0.1) is 26.4 Å². The molecule has 1 unspecified atom stereocenters. The number of rotatable bonds is 14.